The van der Waals surface area contributed by atoms with Crippen LogP contribution in [-0.4, -0.2) is 43.2 Å². The number of hydrogen-bond acceptors (Lipinski definition) is 5. The monoisotopic (exact) mass is 362 g/mol. The number of nitrogens with zero attached hydrogens (tertiary/aromatic N) is 1. The molecule has 1 unspecified atom stereocenters. The van der Waals surface area contributed by atoms with Gasteiger partial charge in [-0.15, -0.1) is 0 Å². The number of likely N-dealkylation sites (N-methyl/N-ethyl adjacent to an activating group) is 1. The van der Waals surface area contributed by atoms with Crippen LogP contribution in [0.5, 0.6) is 5.75 Å². The summed E-state index contributed by atoms with van der Waals surface area (Å²) in [4.78, 5) is 25.4. The Labute approximate surface area is 153 Å². The van der Waals surface area contributed by atoms with Gasteiger partial charge in [0.2, 0.25) is 5.91 Å². The van der Waals surface area contributed by atoms with E-state index in [2.05, 4.69) is 5.32 Å². The Balaban J connectivity index is 2.00. The summed E-state index contributed by atoms with van der Waals surface area (Å²) in [5.41, 5.74) is 0.0274. The van der Waals surface area contributed by atoms with Crippen molar-refractivity contribution in [3.05, 3.63) is 30.0 Å². The maximum atomic E-state index is 12.2. The SMILES string of the molecule is COc1cccc2cc(C(C)NC(=O)CN(C)C(=O)OC(C)(C)C)oc12. The average molecular weight is 362 g/mol. The van der Waals surface area contributed by atoms with Crippen molar-refractivity contribution < 1.29 is 23.5 Å². The first-order chi connectivity index (χ1) is 12.1. The molecule has 0 saturated carbocycles. The molecule has 26 heavy (non-hydrogen) atoms. The summed E-state index contributed by atoms with van der Waals surface area (Å²) in [5.74, 6) is 0.938. The Morgan fingerprint density at radius 1 is 1.31 bits per heavy atom. The molecule has 1 heterocycles. The minimum absolute atomic E-state index is 0.108. The second kappa shape index (κ2) is 7.68. The predicted molar refractivity (Wildman–Crippen MR) is 98.2 cm³/mol. The van der Waals surface area contributed by atoms with Crippen molar-refractivity contribution in [3.63, 3.8) is 0 Å². The van der Waals surface area contributed by atoms with Crippen molar-refractivity contribution in [2.75, 3.05) is 20.7 Å². The highest BCUT2D eigenvalue weighted by Crippen LogP contribution is 2.30. The van der Waals surface area contributed by atoms with E-state index in [0.29, 0.717) is 17.1 Å². The number of ether oxygens (including phenoxy) is 2. The molecule has 7 heteroatoms. The van der Waals surface area contributed by atoms with E-state index < -0.39 is 11.7 Å². The number of carbonyl (C=O) groups excluding carboxylic acids is 2. The minimum atomic E-state index is -0.609. The third-order valence-electron chi connectivity index (χ3n) is 3.64. The summed E-state index contributed by atoms with van der Waals surface area (Å²) < 4.78 is 16.3. The summed E-state index contributed by atoms with van der Waals surface area (Å²) in [7, 11) is 3.10. The molecule has 7 nitrogen and oxygen atoms in total. The van der Waals surface area contributed by atoms with Crippen LogP contribution in [0.2, 0.25) is 0 Å². The van der Waals surface area contributed by atoms with Crippen molar-refractivity contribution in [2.24, 2.45) is 0 Å². The smallest absolute Gasteiger partial charge is 0.410 e. The molecule has 142 valence electrons. The van der Waals surface area contributed by atoms with Gasteiger partial charge in [-0.3, -0.25) is 4.79 Å². The fourth-order valence-electron chi connectivity index (χ4n) is 2.41. The first kappa shape index (κ1) is 19.6. The van der Waals surface area contributed by atoms with Gasteiger partial charge in [0.05, 0.1) is 13.2 Å². The number of methoxy groups -OCH3 is 1. The van der Waals surface area contributed by atoms with Crippen LogP contribution in [0.1, 0.15) is 39.5 Å². The first-order valence-corrected chi connectivity index (χ1v) is 8.40. The molecule has 0 aliphatic carbocycles. The van der Waals surface area contributed by atoms with Crippen LogP contribution in [0, 0.1) is 0 Å². The highest BCUT2D eigenvalue weighted by Gasteiger charge is 2.22. The predicted octanol–water partition coefficient (Wildman–Crippen LogP) is 3.49. The molecule has 1 N–H and O–H groups in total. The molecule has 2 rings (SSSR count). The summed E-state index contributed by atoms with van der Waals surface area (Å²) in [6.07, 6.45) is -0.547. The van der Waals surface area contributed by atoms with Crippen LogP contribution in [0.4, 0.5) is 4.79 Å². The molecule has 0 aliphatic rings. The van der Waals surface area contributed by atoms with E-state index in [4.69, 9.17) is 13.9 Å². The second-order valence-electron chi connectivity index (χ2n) is 7.15. The van der Waals surface area contributed by atoms with Crippen LogP contribution in [0.25, 0.3) is 11.0 Å². The van der Waals surface area contributed by atoms with Gasteiger partial charge in [-0.25, -0.2) is 4.79 Å². The van der Waals surface area contributed by atoms with Crippen LogP contribution in [0.15, 0.2) is 28.7 Å². The summed E-state index contributed by atoms with van der Waals surface area (Å²) >= 11 is 0. The number of fused-ring (bicyclic) bond motifs is 1. The van der Waals surface area contributed by atoms with E-state index >= 15 is 0 Å². The highest BCUT2D eigenvalue weighted by molar-refractivity contribution is 5.85. The normalized spacial score (nSPS) is 12.5. The number of amides is 2. The molecule has 0 saturated heterocycles. The van der Waals surface area contributed by atoms with Gasteiger partial charge in [0.15, 0.2) is 11.3 Å². The zero-order valence-corrected chi connectivity index (χ0v) is 16.1. The number of carbonyl (C=O) groups is 2. The fourth-order valence-corrected chi connectivity index (χ4v) is 2.41. The van der Waals surface area contributed by atoms with Gasteiger partial charge in [0.25, 0.3) is 0 Å². The van der Waals surface area contributed by atoms with Crippen molar-refractivity contribution in [1.82, 2.24) is 10.2 Å². The lowest BCUT2D eigenvalue weighted by atomic mass is 10.2. The largest absolute Gasteiger partial charge is 0.493 e. The Bertz CT molecular complexity index is 791. The Kier molecular flexibility index (Phi) is 5.79. The van der Waals surface area contributed by atoms with Crippen molar-refractivity contribution in [2.45, 2.75) is 39.3 Å². The van der Waals surface area contributed by atoms with Crippen LogP contribution in [0.3, 0.4) is 0 Å². The van der Waals surface area contributed by atoms with E-state index in [1.54, 1.807) is 27.9 Å². The minimum Gasteiger partial charge on any atom is -0.493 e. The summed E-state index contributed by atoms with van der Waals surface area (Å²) in [6.45, 7) is 7.03. The van der Waals surface area contributed by atoms with E-state index in [1.165, 1.54) is 11.9 Å². The average Bonchev–Trinajstić information content (AvgIpc) is 2.97. The number of rotatable bonds is 5. The lowest BCUT2D eigenvalue weighted by Crippen LogP contribution is -2.41. The molecule has 0 bridgehead atoms. The lowest BCUT2D eigenvalue weighted by Gasteiger charge is -2.24. The van der Waals surface area contributed by atoms with Gasteiger partial charge in [0, 0.05) is 12.4 Å². The molecule has 1 aromatic heterocycles. The first-order valence-electron chi connectivity index (χ1n) is 8.40. The van der Waals surface area contributed by atoms with Gasteiger partial charge in [0.1, 0.15) is 17.9 Å². The third-order valence-corrected chi connectivity index (χ3v) is 3.64. The molecule has 0 aliphatic heterocycles. The molecule has 0 fully saturated rings. The molecule has 1 aromatic carbocycles. The Morgan fingerprint density at radius 3 is 2.62 bits per heavy atom. The topological polar surface area (TPSA) is 81.0 Å². The standard InChI is InChI=1S/C19H26N2O5/c1-12(15-10-13-8-7-9-14(24-6)17(13)25-15)20-16(22)11-21(5)18(23)26-19(2,3)4/h7-10,12H,11H2,1-6H3,(H,20,22). The maximum absolute atomic E-state index is 12.2. The van der Waals surface area contributed by atoms with E-state index in [0.717, 1.165) is 5.39 Å². The molecular weight excluding hydrogens is 336 g/mol. The summed E-state index contributed by atoms with van der Waals surface area (Å²) in [5, 5.41) is 3.72. The van der Waals surface area contributed by atoms with Crippen molar-refractivity contribution in [3.8, 4) is 5.75 Å². The molecule has 2 amide bonds. The number of nitrogens with one attached hydrogen (secondary N) is 1. The lowest BCUT2D eigenvalue weighted by molar-refractivity contribution is -0.122. The van der Waals surface area contributed by atoms with Crippen LogP contribution < -0.4 is 10.1 Å². The van der Waals surface area contributed by atoms with Gasteiger partial charge in [-0.2, -0.15) is 0 Å². The third kappa shape index (κ3) is 4.91. The van der Waals surface area contributed by atoms with Crippen molar-refractivity contribution >= 4 is 23.0 Å². The fraction of sp³-hybridized carbons (Fsp3) is 0.474. The Morgan fingerprint density at radius 2 is 2.00 bits per heavy atom. The summed E-state index contributed by atoms with van der Waals surface area (Å²) in [6, 6.07) is 7.11. The number of benzene rings is 1. The number of furan rings is 1. The van der Waals surface area contributed by atoms with Gasteiger partial charge in [-0.1, -0.05) is 12.1 Å². The van der Waals surface area contributed by atoms with Gasteiger partial charge >= 0.3 is 6.09 Å². The Hall–Kier alpha value is -2.70. The van der Waals surface area contributed by atoms with E-state index in [1.807, 2.05) is 31.2 Å². The van der Waals surface area contributed by atoms with Crippen LogP contribution in [-0.2, 0) is 9.53 Å². The molecule has 1 atom stereocenters. The molecular formula is C19H26N2O5. The molecule has 0 radical (unpaired) electrons. The zero-order valence-electron chi connectivity index (χ0n) is 16.1. The van der Waals surface area contributed by atoms with E-state index in [9.17, 15) is 9.59 Å². The zero-order chi connectivity index (χ0) is 19.5. The number of hydrogen-bond donors (Lipinski definition) is 1. The second-order valence-corrected chi connectivity index (χ2v) is 7.15. The highest BCUT2D eigenvalue weighted by atomic mass is 16.6. The van der Waals surface area contributed by atoms with Crippen LogP contribution >= 0.6 is 0 Å². The maximum Gasteiger partial charge on any atom is 0.410 e. The number of para-hydroxylation sites is 1. The van der Waals surface area contributed by atoms with Crippen molar-refractivity contribution in [1.29, 1.82) is 0 Å². The molecule has 2 aromatic rings. The quantitative estimate of drug-likeness (QED) is 0.881. The molecule has 0 spiro atoms. The van der Waals surface area contributed by atoms with Gasteiger partial charge < -0.3 is 24.1 Å². The van der Waals surface area contributed by atoms with E-state index in [-0.39, 0.29) is 18.5 Å². The van der Waals surface area contributed by atoms with Gasteiger partial charge in [-0.05, 0) is 39.8 Å².